The highest BCUT2D eigenvalue weighted by Gasteiger charge is 2.29. The first-order chi connectivity index (χ1) is 8.27. The van der Waals surface area contributed by atoms with Crippen LogP contribution in [0.5, 0.6) is 0 Å². The van der Waals surface area contributed by atoms with Gasteiger partial charge in [-0.2, -0.15) is 0 Å². The number of piperidine rings is 1. The Morgan fingerprint density at radius 2 is 1.88 bits per heavy atom. The maximum Gasteiger partial charge on any atom is 0.338 e. The van der Waals surface area contributed by atoms with Crippen molar-refractivity contribution in [3.8, 4) is 0 Å². The van der Waals surface area contributed by atoms with Crippen molar-refractivity contribution in [3.05, 3.63) is 16.0 Å². The Bertz CT molecular complexity index is 447. The van der Waals surface area contributed by atoms with Gasteiger partial charge in [0.05, 0.1) is 5.56 Å². The molecule has 4 heteroatoms. The van der Waals surface area contributed by atoms with E-state index in [9.17, 15) is 9.90 Å². The Balaban J connectivity index is 2.00. The monoisotopic (exact) mass is 251 g/mol. The predicted octanol–water partition coefficient (Wildman–Crippen LogP) is 2.93. The molecule has 1 fully saturated rings. The molecule has 0 saturated carbocycles. The van der Waals surface area contributed by atoms with Crippen molar-refractivity contribution in [2.75, 3.05) is 18.0 Å². The minimum Gasteiger partial charge on any atom is -0.478 e. The molecule has 0 spiro atoms. The second-order valence-electron chi connectivity index (χ2n) is 4.89. The summed E-state index contributed by atoms with van der Waals surface area (Å²) < 4.78 is 0. The molecule has 92 valence electrons. The first-order valence-corrected chi connectivity index (χ1v) is 7.22. The molecule has 3 nitrogen and oxygen atoms in total. The molecule has 1 aliphatic carbocycles. The molecule has 0 atom stereocenters. The van der Waals surface area contributed by atoms with Crippen LogP contribution in [0.2, 0.25) is 0 Å². The SMILES string of the molecule is O=C(O)c1c(N2CCCCC2)sc2c1CCC2. The van der Waals surface area contributed by atoms with Gasteiger partial charge in [0.2, 0.25) is 0 Å². The van der Waals surface area contributed by atoms with Crippen LogP contribution in [0.1, 0.15) is 46.5 Å². The first-order valence-electron chi connectivity index (χ1n) is 6.40. The number of aromatic carboxylic acids is 1. The fourth-order valence-electron chi connectivity index (χ4n) is 2.93. The third-order valence-electron chi connectivity index (χ3n) is 3.76. The number of carboxylic acids is 1. The van der Waals surface area contributed by atoms with E-state index in [-0.39, 0.29) is 0 Å². The van der Waals surface area contributed by atoms with E-state index in [4.69, 9.17) is 0 Å². The highest BCUT2D eigenvalue weighted by molar-refractivity contribution is 7.16. The molecule has 1 N–H and O–H groups in total. The van der Waals surface area contributed by atoms with Gasteiger partial charge in [-0.15, -0.1) is 11.3 Å². The Morgan fingerprint density at radius 1 is 1.12 bits per heavy atom. The zero-order valence-corrected chi connectivity index (χ0v) is 10.7. The number of carboxylic acid groups (broad SMARTS) is 1. The van der Waals surface area contributed by atoms with Crippen LogP contribution in [0.4, 0.5) is 5.00 Å². The van der Waals surface area contributed by atoms with Crippen LogP contribution in [0.15, 0.2) is 0 Å². The van der Waals surface area contributed by atoms with Crippen molar-refractivity contribution in [2.45, 2.75) is 38.5 Å². The zero-order valence-electron chi connectivity index (χ0n) is 9.87. The summed E-state index contributed by atoms with van der Waals surface area (Å²) in [4.78, 5) is 15.1. The maximum absolute atomic E-state index is 11.5. The molecule has 2 heterocycles. The van der Waals surface area contributed by atoms with Crippen LogP contribution in [0.25, 0.3) is 0 Å². The van der Waals surface area contributed by atoms with Gasteiger partial charge in [-0.25, -0.2) is 4.79 Å². The molecular formula is C13H17NO2S. The molecule has 1 aromatic heterocycles. The number of nitrogens with zero attached hydrogens (tertiary/aromatic N) is 1. The highest BCUT2D eigenvalue weighted by Crippen LogP contribution is 2.41. The van der Waals surface area contributed by atoms with E-state index in [1.807, 2.05) is 0 Å². The number of anilines is 1. The number of hydrogen-bond acceptors (Lipinski definition) is 3. The fraction of sp³-hybridized carbons (Fsp3) is 0.615. The lowest BCUT2D eigenvalue weighted by Crippen LogP contribution is -2.29. The third kappa shape index (κ3) is 1.84. The molecule has 1 aromatic rings. The van der Waals surface area contributed by atoms with Crippen LogP contribution in [0, 0.1) is 0 Å². The first kappa shape index (κ1) is 11.1. The summed E-state index contributed by atoms with van der Waals surface area (Å²) in [6.45, 7) is 2.05. The zero-order chi connectivity index (χ0) is 11.8. The summed E-state index contributed by atoms with van der Waals surface area (Å²) >= 11 is 1.73. The Labute approximate surface area is 105 Å². The molecule has 2 aliphatic rings. The molecule has 0 aromatic carbocycles. The molecular weight excluding hydrogens is 234 g/mol. The molecule has 1 saturated heterocycles. The summed E-state index contributed by atoms with van der Waals surface area (Å²) in [6.07, 6.45) is 6.84. The van der Waals surface area contributed by atoms with Crippen molar-refractivity contribution in [2.24, 2.45) is 0 Å². The lowest BCUT2D eigenvalue weighted by molar-refractivity contribution is 0.0697. The number of rotatable bonds is 2. The van der Waals surface area contributed by atoms with E-state index < -0.39 is 5.97 Å². The Morgan fingerprint density at radius 3 is 2.59 bits per heavy atom. The summed E-state index contributed by atoms with van der Waals surface area (Å²) in [5.41, 5.74) is 1.74. The van der Waals surface area contributed by atoms with Gasteiger partial charge in [0.1, 0.15) is 5.00 Å². The van der Waals surface area contributed by atoms with Gasteiger partial charge in [-0.3, -0.25) is 0 Å². The Kier molecular flexibility index (Phi) is 2.82. The normalized spacial score (nSPS) is 19.4. The maximum atomic E-state index is 11.5. The molecule has 0 unspecified atom stereocenters. The van der Waals surface area contributed by atoms with E-state index in [0.29, 0.717) is 5.56 Å². The largest absolute Gasteiger partial charge is 0.478 e. The van der Waals surface area contributed by atoms with Crippen molar-refractivity contribution in [3.63, 3.8) is 0 Å². The van der Waals surface area contributed by atoms with Crippen LogP contribution in [-0.4, -0.2) is 24.2 Å². The van der Waals surface area contributed by atoms with Gasteiger partial charge in [0.25, 0.3) is 0 Å². The molecule has 1 aliphatic heterocycles. The topological polar surface area (TPSA) is 40.5 Å². The van der Waals surface area contributed by atoms with Crippen LogP contribution in [0.3, 0.4) is 0 Å². The summed E-state index contributed by atoms with van der Waals surface area (Å²) in [6, 6.07) is 0. The number of hydrogen-bond donors (Lipinski definition) is 1. The van der Waals surface area contributed by atoms with Gasteiger partial charge in [-0.1, -0.05) is 0 Å². The van der Waals surface area contributed by atoms with Crippen molar-refractivity contribution in [1.29, 1.82) is 0 Å². The number of fused-ring (bicyclic) bond motifs is 1. The van der Waals surface area contributed by atoms with Crippen LogP contribution < -0.4 is 4.90 Å². The molecule has 0 amide bonds. The number of thiophene rings is 1. The average Bonchev–Trinajstić information content (AvgIpc) is 2.88. The third-order valence-corrected chi connectivity index (χ3v) is 5.11. The van der Waals surface area contributed by atoms with Crippen molar-refractivity contribution >= 4 is 22.3 Å². The smallest absolute Gasteiger partial charge is 0.338 e. The van der Waals surface area contributed by atoms with Crippen molar-refractivity contribution in [1.82, 2.24) is 0 Å². The van der Waals surface area contributed by atoms with Gasteiger partial charge in [0.15, 0.2) is 0 Å². The minimum absolute atomic E-state index is 0.615. The minimum atomic E-state index is -0.732. The van der Waals surface area contributed by atoms with E-state index in [0.717, 1.165) is 42.9 Å². The lowest BCUT2D eigenvalue weighted by atomic mass is 10.1. The van der Waals surface area contributed by atoms with Gasteiger partial charge >= 0.3 is 5.97 Å². The molecule has 0 bridgehead atoms. The Hall–Kier alpha value is -1.03. The second kappa shape index (κ2) is 4.33. The highest BCUT2D eigenvalue weighted by atomic mass is 32.1. The lowest BCUT2D eigenvalue weighted by Gasteiger charge is -2.28. The summed E-state index contributed by atoms with van der Waals surface area (Å²) in [5.74, 6) is -0.732. The second-order valence-corrected chi connectivity index (χ2v) is 5.97. The predicted molar refractivity (Wildman–Crippen MR) is 69.4 cm³/mol. The summed E-state index contributed by atoms with van der Waals surface area (Å²) in [7, 11) is 0. The van der Waals surface area contributed by atoms with Crippen LogP contribution in [-0.2, 0) is 12.8 Å². The van der Waals surface area contributed by atoms with Crippen LogP contribution >= 0.6 is 11.3 Å². The molecule has 3 rings (SSSR count). The van der Waals surface area contributed by atoms with Gasteiger partial charge in [0, 0.05) is 18.0 Å². The molecule has 0 radical (unpaired) electrons. The standard InChI is InChI=1S/C13H17NO2S/c15-13(16)11-9-5-4-6-10(9)17-12(11)14-7-2-1-3-8-14/h1-8H2,(H,15,16). The number of aryl methyl sites for hydroxylation is 1. The fourth-order valence-corrected chi connectivity index (χ4v) is 4.36. The van der Waals surface area contributed by atoms with Gasteiger partial charge in [-0.05, 0) is 44.1 Å². The quantitative estimate of drug-likeness (QED) is 0.878. The van der Waals surface area contributed by atoms with E-state index in [2.05, 4.69) is 4.90 Å². The molecule has 17 heavy (non-hydrogen) atoms. The summed E-state index contributed by atoms with van der Waals surface area (Å²) in [5, 5.41) is 10.5. The number of carbonyl (C=O) groups is 1. The van der Waals surface area contributed by atoms with E-state index in [1.54, 1.807) is 11.3 Å². The van der Waals surface area contributed by atoms with Gasteiger partial charge < -0.3 is 10.0 Å². The average molecular weight is 251 g/mol. The van der Waals surface area contributed by atoms with E-state index in [1.165, 1.54) is 24.1 Å². The van der Waals surface area contributed by atoms with E-state index >= 15 is 0 Å². The van der Waals surface area contributed by atoms with Crippen molar-refractivity contribution < 1.29 is 9.90 Å².